The fraction of sp³-hybridized carbons (Fsp3) is 0.467. The van der Waals surface area contributed by atoms with Crippen LogP contribution < -0.4 is 10.5 Å². The van der Waals surface area contributed by atoms with Gasteiger partial charge in [0.15, 0.2) is 11.6 Å². The molecular weight excluding hydrogens is 291 g/mol. The molecule has 1 aliphatic heterocycles. The second kappa shape index (κ2) is 6.31. The number of amides is 2. The highest BCUT2D eigenvalue weighted by molar-refractivity contribution is 6.00. The number of methoxy groups -OCH3 is 2. The summed E-state index contributed by atoms with van der Waals surface area (Å²) < 4.78 is 24.2. The van der Waals surface area contributed by atoms with Gasteiger partial charge in [0.2, 0.25) is 5.91 Å². The van der Waals surface area contributed by atoms with Gasteiger partial charge < -0.3 is 20.1 Å². The summed E-state index contributed by atoms with van der Waals surface area (Å²) in [6, 6.07) is 4.30. The van der Waals surface area contributed by atoms with E-state index < -0.39 is 23.2 Å². The molecule has 1 heterocycles. The maximum absolute atomic E-state index is 14.3. The summed E-state index contributed by atoms with van der Waals surface area (Å²) in [6.07, 6.45) is 0.997. The standard InChI is InChI=1S/C15H19FN2O4/c1-21-9-15(14(17)20)7-4-8-18(15)13(19)10-5-3-6-11(22-2)12(10)16/h3,5-6H,4,7-9H2,1-2H3,(H2,17,20). The lowest BCUT2D eigenvalue weighted by molar-refractivity contribution is -0.130. The second-order valence-corrected chi connectivity index (χ2v) is 5.21. The molecule has 7 heteroatoms. The summed E-state index contributed by atoms with van der Waals surface area (Å²) in [4.78, 5) is 25.9. The number of nitrogens with two attached hydrogens (primary N) is 1. The molecule has 1 atom stereocenters. The van der Waals surface area contributed by atoms with Crippen LogP contribution in [0.5, 0.6) is 5.75 Å². The molecule has 22 heavy (non-hydrogen) atoms. The van der Waals surface area contributed by atoms with Gasteiger partial charge in [0.05, 0.1) is 19.3 Å². The molecule has 2 N–H and O–H groups in total. The Balaban J connectivity index is 2.42. The Bertz CT molecular complexity index is 593. The number of rotatable bonds is 5. The molecule has 2 amide bonds. The first-order valence-electron chi connectivity index (χ1n) is 6.91. The number of primary amides is 1. The van der Waals surface area contributed by atoms with Crippen molar-refractivity contribution in [2.24, 2.45) is 5.73 Å². The molecule has 0 saturated carbocycles. The predicted molar refractivity (Wildman–Crippen MR) is 77.0 cm³/mol. The lowest BCUT2D eigenvalue weighted by Crippen LogP contribution is -2.58. The third kappa shape index (κ3) is 2.52. The van der Waals surface area contributed by atoms with Gasteiger partial charge in [-0.15, -0.1) is 0 Å². The quantitative estimate of drug-likeness (QED) is 0.877. The Morgan fingerprint density at radius 1 is 1.41 bits per heavy atom. The second-order valence-electron chi connectivity index (χ2n) is 5.21. The highest BCUT2D eigenvalue weighted by Gasteiger charge is 2.49. The van der Waals surface area contributed by atoms with E-state index in [1.54, 1.807) is 0 Å². The first-order chi connectivity index (χ1) is 10.5. The number of carbonyl (C=O) groups excluding carboxylic acids is 2. The molecule has 2 rings (SSSR count). The molecule has 120 valence electrons. The predicted octanol–water partition coefficient (Wildman–Crippen LogP) is 0.941. The number of likely N-dealkylation sites (tertiary alicyclic amines) is 1. The maximum atomic E-state index is 14.3. The number of nitrogens with zero attached hydrogens (tertiary/aromatic N) is 1. The first kappa shape index (κ1) is 16.2. The minimum atomic E-state index is -1.23. The molecule has 1 aromatic carbocycles. The first-order valence-corrected chi connectivity index (χ1v) is 6.91. The molecule has 6 nitrogen and oxygen atoms in total. The molecule has 1 fully saturated rings. The van der Waals surface area contributed by atoms with Gasteiger partial charge >= 0.3 is 0 Å². The van der Waals surface area contributed by atoms with Crippen molar-refractivity contribution < 1.29 is 23.5 Å². The van der Waals surface area contributed by atoms with Crippen molar-refractivity contribution in [1.82, 2.24) is 4.90 Å². The number of hydrogen-bond donors (Lipinski definition) is 1. The van der Waals surface area contributed by atoms with Crippen LogP contribution in [0.4, 0.5) is 4.39 Å². The third-order valence-electron chi connectivity index (χ3n) is 3.99. The highest BCUT2D eigenvalue weighted by atomic mass is 19.1. The van der Waals surface area contributed by atoms with Gasteiger partial charge in [-0.1, -0.05) is 6.07 Å². The molecule has 0 radical (unpaired) electrons. The van der Waals surface area contributed by atoms with Crippen molar-refractivity contribution in [3.8, 4) is 5.75 Å². The van der Waals surface area contributed by atoms with Crippen molar-refractivity contribution >= 4 is 11.8 Å². The zero-order valence-corrected chi connectivity index (χ0v) is 12.6. The monoisotopic (exact) mass is 310 g/mol. The molecule has 0 bridgehead atoms. The summed E-state index contributed by atoms with van der Waals surface area (Å²) in [5.74, 6) is -2.02. The van der Waals surface area contributed by atoms with Crippen LogP contribution in [0, 0.1) is 5.82 Å². The van der Waals surface area contributed by atoms with E-state index in [-0.39, 0.29) is 17.9 Å². The number of halogens is 1. The van der Waals surface area contributed by atoms with Crippen molar-refractivity contribution in [1.29, 1.82) is 0 Å². The van der Waals surface area contributed by atoms with Gasteiger partial charge in [-0.2, -0.15) is 0 Å². The Morgan fingerprint density at radius 3 is 2.73 bits per heavy atom. The zero-order chi connectivity index (χ0) is 16.3. The van der Waals surface area contributed by atoms with Crippen LogP contribution in [-0.2, 0) is 9.53 Å². The fourth-order valence-electron chi connectivity index (χ4n) is 2.87. The Labute approximate surface area is 128 Å². The van der Waals surface area contributed by atoms with E-state index in [1.807, 2.05) is 0 Å². The van der Waals surface area contributed by atoms with Crippen molar-refractivity contribution in [3.05, 3.63) is 29.6 Å². The van der Waals surface area contributed by atoms with E-state index in [0.717, 1.165) is 0 Å². The fourth-order valence-corrected chi connectivity index (χ4v) is 2.87. The van der Waals surface area contributed by atoms with E-state index in [1.165, 1.54) is 37.3 Å². The molecule has 1 unspecified atom stereocenters. The summed E-state index contributed by atoms with van der Waals surface area (Å²) in [6.45, 7) is 0.307. The van der Waals surface area contributed by atoms with Gasteiger partial charge in [-0.25, -0.2) is 4.39 Å². The van der Waals surface area contributed by atoms with Crippen LogP contribution >= 0.6 is 0 Å². The van der Waals surface area contributed by atoms with Gasteiger partial charge in [-0.3, -0.25) is 9.59 Å². The Kier molecular flexibility index (Phi) is 4.65. The van der Waals surface area contributed by atoms with Gasteiger partial charge in [-0.05, 0) is 25.0 Å². The molecule has 1 aromatic rings. The highest BCUT2D eigenvalue weighted by Crippen LogP contribution is 2.32. The van der Waals surface area contributed by atoms with Crippen LogP contribution in [0.3, 0.4) is 0 Å². The number of benzene rings is 1. The summed E-state index contributed by atoms with van der Waals surface area (Å²) in [7, 11) is 2.75. The number of hydrogen-bond acceptors (Lipinski definition) is 4. The maximum Gasteiger partial charge on any atom is 0.257 e. The van der Waals surface area contributed by atoms with E-state index in [2.05, 4.69) is 0 Å². The largest absolute Gasteiger partial charge is 0.494 e. The van der Waals surface area contributed by atoms with Crippen LogP contribution in [0.15, 0.2) is 18.2 Å². The van der Waals surface area contributed by atoms with Gasteiger partial charge in [0, 0.05) is 13.7 Å². The van der Waals surface area contributed by atoms with Gasteiger partial charge in [0.25, 0.3) is 5.91 Å². The smallest absolute Gasteiger partial charge is 0.257 e. The third-order valence-corrected chi connectivity index (χ3v) is 3.99. The lowest BCUT2D eigenvalue weighted by Gasteiger charge is -2.35. The van der Waals surface area contributed by atoms with Crippen molar-refractivity contribution in [3.63, 3.8) is 0 Å². The summed E-state index contributed by atoms with van der Waals surface area (Å²) in [5.41, 5.74) is 4.10. The molecular formula is C15H19FN2O4. The van der Waals surface area contributed by atoms with E-state index in [4.69, 9.17) is 15.2 Å². The molecule has 0 aliphatic carbocycles. The number of ether oxygens (including phenoxy) is 2. The molecule has 1 saturated heterocycles. The topological polar surface area (TPSA) is 81.9 Å². The molecule has 0 spiro atoms. The lowest BCUT2D eigenvalue weighted by atomic mass is 9.95. The average molecular weight is 310 g/mol. The molecule has 1 aliphatic rings. The Morgan fingerprint density at radius 2 is 2.14 bits per heavy atom. The summed E-state index contributed by atoms with van der Waals surface area (Å²) >= 11 is 0. The summed E-state index contributed by atoms with van der Waals surface area (Å²) in [5, 5.41) is 0. The van der Waals surface area contributed by atoms with Crippen LogP contribution in [0.2, 0.25) is 0 Å². The minimum Gasteiger partial charge on any atom is -0.494 e. The van der Waals surface area contributed by atoms with Gasteiger partial charge in [0.1, 0.15) is 5.54 Å². The van der Waals surface area contributed by atoms with Crippen LogP contribution in [0.1, 0.15) is 23.2 Å². The SMILES string of the molecule is COCC1(C(N)=O)CCCN1C(=O)c1cccc(OC)c1F. The number of carbonyl (C=O) groups is 2. The van der Waals surface area contributed by atoms with E-state index in [9.17, 15) is 14.0 Å². The average Bonchev–Trinajstić information content (AvgIpc) is 2.92. The minimum absolute atomic E-state index is 0.0142. The van der Waals surface area contributed by atoms with E-state index >= 15 is 0 Å². The normalized spacial score (nSPS) is 21.0. The van der Waals surface area contributed by atoms with Crippen molar-refractivity contribution in [2.45, 2.75) is 18.4 Å². The van der Waals surface area contributed by atoms with Crippen LogP contribution in [0.25, 0.3) is 0 Å². The molecule has 0 aromatic heterocycles. The Hall–Kier alpha value is -2.15. The van der Waals surface area contributed by atoms with Crippen LogP contribution in [-0.4, -0.2) is 49.6 Å². The van der Waals surface area contributed by atoms with Crippen molar-refractivity contribution in [2.75, 3.05) is 27.4 Å². The zero-order valence-electron chi connectivity index (χ0n) is 12.6. The van der Waals surface area contributed by atoms with E-state index in [0.29, 0.717) is 19.4 Å².